The van der Waals surface area contributed by atoms with Gasteiger partial charge in [-0.25, -0.2) is 4.79 Å². The molecule has 0 aromatic carbocycles. The molecule has 0 saturated heterocycles. The molecule has 0 spiro atoms. The van der Waals surface area contributed by atoms with Crippen molar-refractivity contribution in [3.8, 4) is 5.88 Å². The van der Waals surface area contributed by atoms with Crippen LogP contribution in [0.5, 0.6) is 5.88 Å². The second kappa shape index (κ2) is 3.84. The molecule has 0 unspecified atom stereocenters. The van der Waals surface area contributed by atoms with Crippen molar-refractivity contribution < 1.29 is 9.53 Å². The Kier molecular flexibility index (Phi) is 2.68. The second-order valence-corrected chi connectivity index (χ2v) is 4.55. The van der Waals surface area contributed by atoms with Crippen LogP contribution in [0.15, 0.2) is 4.47 Å². The standard InChI is InChI=1S/C9H12BrN3O2/c1-13-6(4-5-2-3-5)7(10)8(12-13)15-9(11)14/h5H,2-4H2,1H3,(H2,11,14). The summed E-state index contributed by atoms with van der Waals surface area (Å²) in [5, 5.41) is 4.08. The van der Waals surface area contributed by atoms with Crippen molar-refractivity contribution in [1.82, 2.24) is 9.78 Å². The molecule has 15 heavy (non-hydrogen) atoms. The Bertz CT molecular complexity index is 398. The highest BCUT2D eigenvalue weighted by molar-refractivity contribution is 9.10. The van der Waals surface area contributed by atoms with Crippen LogP contribution in [0.4, 0.5) is 4.79 Å². The summed E-state index contributed by atoms with van der Waals surface area (Å²) in [5.41, 5.74) is 5.98. The van der Waals surface area contributed by atoms with Crippen LogP contribution in [-0.4, -0.2) is 15.9 Å². The van der Waals surface area contributed by atoms with Gasteiger partial charge in [0.2, 0.25) is 0 Å². The van der Waals surface area contributed by atoms with Crippen LogP contribution in [0.25, 0.3) is 0 Å². The van der Waals surface area contributed by atoms with Crippen molar-refractivity contribution in [2.75, 3.05) is 0 Å². The second-order valence-electron chi connectivity index (χ2n) is 3.76. The first-order chi connectivity index (χ1) is 7.08. The number of primary amides is 1. The molecule has 2 rings (SSSR count). The fraction of sp³-hybridized carbons (Fsp3) is 0.556. The van der Waals surface area contributed by atoms with Crippen LogP contribution in [-0.2, 0) is 13.5 Å². The number of nitrogens with two attached hydrogens (primary N) is 1. The quantitative estimate of drug-likeness (QED) is 0.909. The van der Waals surface area contributed by atoms with E-state index >= 15 is 0 Å². The lowest BCUT2D eigenvalue weighted by Crippen LogP contribution is -2.16. The maximum atomic E-state index is 10.6. The molecule has 6 heteroatoms. The van der Waals surface area contributed by atoms with Gasteiger partial charge in [0, 0.05) is 7.05 Å². The van der Waals surface area contributed by atoms with E-state index in [2.05, 4.69) is 21.0 Å². The molecular weight excluding hydrogens is 262 g/mol. The van der Waals surface area contributed by atoms with E-state index < -0.39 is 6.09 Å². The summed E-state index contributed by atoms with van der Waals surface area (Å²) in [4.78, 5) is 10.6. The average molecular weight is 274 g/mol. The van der Waals surface area contributed by atoms with Gasteiger partial charge in [0.1, 0.15) is 4.47 Å². The monoisotopic (exact) mass is 273 g/mol. The molecule has 0 bridgehead atoms. The van der Waals surface area contributed by atoms with Crippen molar-refractivity contribution in [2.24, 2.45) is 18.7 Å². The lowest BCUT2D eigenvalue weighted by Gasteiger charge is -1.99. The van der Waals surface area contributed by atoms with Gasteiger partial charge in [-0.3, -0.25) is 4.68 Å². The lowest BCUT2D eigenvalue weighted by atomic mass is 10.2. The molecule has 5 nitrogen and oxygen atoms in total. The third-order valence-corrected chi connectivity index (χ3v) is 3.25. The van der Waals surface area contributed by atoms with Crippen LogP contribution in [0, 0.1) is 5.92 Å². The van der Waals surface area contributed by atoms with Crippen molar-refractivity contribution in [3.05, 3.63) is 10.2 Å². The first kappa shape index (κ1) is 10.5. The van der Waals surface area contributed by atoms with Crippen LogP contribution in [0.3, 0.4) is 0 Å². The van der Waals surface area contributed by atoms with E-state index in [0.29, 0.717) is 0 Å². The predicted octanol–water partition coefficient (Wildman–Crippen LogP) is 1.59. The molecular formula is C9H12BrN3O2. The summed E-state index contributed by atoms with van der Waals surface area (Å²) < 4.78 is 7.22. The molecule has 1 heterocycles. The highest BCUT2D eigenvalue weighted by Crippen LogP contribution is 2.37. The zero-order valence-electron chi connectivity index (χ0n) is 8.36. The van der Waals surface area contributed by atoms with E-state index in [0.717, 1.165) is 22.5 Å². The van der Waals surface area contributed by atoms with Gasteiger partial charge in [-0.05, 0) is 41.1 Å². The molecule has 1 saturated carbocycles. The first-order valence-electron chi connectivity index (χ1n) is 4.76. The summed E-state index contributed by atoms with van der Waals surface area (Å²) in [6.07, 6.45) is 2.66. The summed E-state index contributed by atoms with van der Waals surface area (Å²) in [6.45, 7) is 0. The number of carbonyl (C=O) groups excluding carboxylic acids is 1. The van der Waals surface area contributed by atoms with Gasteiger partial charge >= 0.3 is 6.09 Å². The minimum Gasteiger partial charge on any atom is -0.389 e. The number of aryl methyl sites for hydroxylation is 1. The number of carbonyl (C=O) groups is 1. The normalized spacial score (nSPS) is 15.3. The number of amides is 1. The molecule has 1 aromatic rings. The zero-order valence-corrected chi connectivity index (χ0v) is 9.95. The first-order valence-corrected chi connectivity index (χ1v) is 5.56. The maximum absolute atomic E-state index is 10.6. The summed E-state index contributed by atoms with van der Waals surface area (Å²) in [7, 11) is 1.83. The summed E-state index contributed by atoms with van der Waals surface area (Å²) in [5.74, 6) is 0.999. The molecule has 1 aliphatic rings. The number of ether oxygens (including phenoxy) is 1. The number of rotatable bonds is 3. The van der Waals surface area contributed by atoms with Crippen molar-refractivity contribution in [2.45, 2.75) is 19.3 Å². The molecule has 0 atom stereocenters. The maximum Gasteiger partial charge on any atom is 0.411 e. The minimum absolute atomic E-state index is 0.251. The summed E-state index contributed by atoms with van der Waals surface area (Å²) in [6, 6.07) is 0. The topological polar surface area (TPSA) is 70.1 Å². The Labute approximate surface area is 95.7 Å². The van der Waals surface area contributed by atoms with Crippen LogP contribution in [0.2, 0.25) is 0 Å². The molecule has 0 radical (unpaired) electrons. The molecule has 0 aliphatic heterocycles. The van der Waals surface area contributed by atoms with Gasteiger partial charge in [0.15, 0.2) is 0 Å². The van der Waals surface area contributed by atoms with E-state index in [9.17, 15) is 4.79 Å². The third kappa shape index (κ3) is 2.31. The SMILES string of the molecule is Cn1nc(OC(N)=O)c(Br)c1CC1CC1. The molecule has 82 valence electrons. The van der Waals surface area contributed by atoms with Gasteiger partial charge in [-0.2, -0.15) is 0 Å². The Morgan fingerprint density at radius 2 is 2.40 bits per heavy atom. The number of halogens is 1. The lowest BCUT2D eigenvalue weighted by molar-refractivity contribution is 0.208. The Hall–Kier alpha value is -1.04. The van der Waals surface area contributed by atoms with Gasteiger partial charge in [0.05, 0.1) is 5.69 Å². The molecule has 1 aliphatic carbocycles. The fourth-order valence-corrected chi connectivity index (χ4v) is 2.06. The van der Waals surface area contributed by atoms with Crippen LogP contribution in [0.1, 0.15) is 18.5 Å². The smallest absolute Gasteiger partial charge is 0.389 e. The highest BCUT2D eigenvalue weighted by atomic mass is 79.9. The van der Waals surface area contributed by atoms with Crippen molar-refractivity contribution in [1.29, 1.82) is 0 Å². The van der Waals surface area contributed by atoms with Gasteiger partial charge in [0.25, 0.3) is 5.88 Å². The number of nitrogens with zero attached hydrogens (tertiary/aromatic N) is 2. The van der Waals surface area contributed by atoms with Crippen molar-refractivity contribution >= 4 is 22.0 Å². The summed E-state index contributed by atoms with van der Waals surface area (Å²) >= 11 is 3.37. The number of aromatic nitrogens is 2. The molecule has 2 N–H and O–H groups in total. The van der Waals surface area contributed by atoms with Gasteiger partial charge in [-0.1, -0.05) is 0 Å². The van der Waals surface area contributed by atoms with Crippen LogP contribution >= 0.6 is 15.9 Å². The zero-order chi connectivity index (χ0) is 11.0. The fourth-order valence-electron chi connectivity index (χ4n) is 1.48. The van der Waals surface area contributed by atoms with E-state index in [1.54, 1.807) is 4.68 Å². The molecule has 1 amide bonds. The Morgan fingerprint density at radius 1 is 1.73 bits per heavy atom. The van der Waals surface area contributed by atoms with Gasteiger partial charge in [-0.15, -0.1) is 5.10 Å². The van der Waals surface area contributed by atoms with E-state index in [1.807, 2.05) is 7.05 Å². The number of hydrogen-bond donors (Lipinski definition) is 1. The highest BCUT2D eigenvalue weighted by Gasteiger charge is 2.26. The molecule has 1 fully saturated rings. The molecule has 1 aromatic heterocycles. The van der Waals surface area contributed by atoms with Crippen LogP contribution < -0.4 is 10.5 Å². The largest absolute Gasteiger partial charge is 0.411 e. The minimum atomic E-state index is -0.841. The Morgan fingerprint density at radius 3 is 2.93 bits per heavy atom. The predicted molar refractivity (Wildman–Crippen MR) is 57.5 cm³/mol. The van der Waals surface area contributed by atoms with E-state index in [4.69, 9.17) is 10.5 Å². The van der Waals surface area contributed by atoms with Crippen molar-refractivity contribution in [3.63, 3.8) is 0 Å². The van der Waals surface area contributed by atoms with Gasteiger partial charge < -0.3 is 10.5 Å². The average Bonchev–Trinajstić information content (AvgIpc) is 2.90. The van der Waals surface area contributed by atoms with E-state index in [-0.39, 0.29) is 5.88 Å². The third-order valence-electron chi connectivity index (χ3n) is 2.45. The van der Waals surface area contributed by atoms with E-state index in [1.165, 1.54) is 12.8 Å². The Balaban J connectivity index is 2.21. The number of hydrogen-bond acceptors (Lipinski definition) is 3.